The lowest BCUT2D eigenvalue weighted by Gasteiger charge is -2.22. The van der Waals surface area contributed by atoms with Crippen LogP contribution in [0, 0.1) is 0 Å². The maximum absolute atomic E-state index is 11.9. The third-order valence-electron chi connectivity index (χ3n) is 3.65. The van der Waals surface area contributed by atoms with E-state index in [-0.39, 0.29) is 18.6 Å². The molecular weight excluding hydrogens is 214 g/mol. The Bertz CT molecular complexity index is 218. The molecule has 0 aromatic heterocycles. The molecule has 0 unspecified atom stereocenters. The maximum atomic E-state index is 11.9. The zero-order valence-corrected chi connectivity index (χ0v) is 11.2. The van der Waals surface area contributed by atoms with Crippen LogP contribution in [0.25, 0.3) is 0 Å². The summed E-state index contributed by atoms with van der Waals surface area (Å²) in [5.74, 6) is 0.247. The lowest BCUT2D eigenvalue weighted by atomic mass is 10.1. The molecule has 100 valence electrons. The second kappa shape index (κ2) is 8.51. The molecule has 1 N–H and O–H groups in total. The Morgan fingerprint density at radius 3 is 2.65 bits per heavy atom. The van der Waals surface area contributed by atoms with Gasteiger partial charge in [0.2, 0.25) is 5.91 Å². The quantitative estimate of drug-likeness (QED) is 0.664. The van der Waals surface area contributed by atoms with Crippen molar-refractivity contribution in [3.63, 3.8) is 0 Å². The van der Waals surface area contributed by atoms with Crippen LogP contribution in [0.2, 0.25) is 0 Å². The first-order valence-corrected chi connectivity index (χ1v) is 7.20. The van der Waals surface area contributed by atoms with Gasteiger partial charge < -0.3 is 10.0 Å². The molecule has 3 heteroatoms. The van der Waals surface area contributed by atoms with E-state index in [1.807, 2.05) is 4.90 Å². The summed E-state index contributed by atoms with van der Waals surface area (Å²) in [5.41, 5.74) is 0. The maximum Gasteiger partial charge on any atom is 0.222 e. The number of likely N-dealkylation sites (tertiary alicyclic amines) is 1. The van der Waals surface area contributed by atoms with Gasteiger partial charge >= 0.3 is 0 Å². The molecule has 1 aliphatic heterocycles. The molecule has 3 nitrogen and oxygen atoms in total. The van der Waals surface area contributed by atoms with Crippen LogP contribution in [-0.4, -0.2) is 35.1 Å². The Labute approximate surface area is 105 Å². The Balaban J connectivity index is 2.08. The first-order valence-electron chi connectivity index (χ1n) is 7.20. The number of hydrogen-bond donors (Lipinski definition) is 1. The van der Waals surface area contributed by atoms with Crippen LogP contribution < -0.4 is 0 Å². The minimum absolute atomic E-state index is 0.0996. The van der Waals surface area contributed by atoms with Crippen molar-refractivity contribution in [2.24, 2.45) is 0 Å². The summed E-state index contributed by atoms with van der Waals surface area (Å²) in [6, 6.07) is 0.0996. The zero-order chi connectivity index (χ0) is 12.5. The normalized spacial score (nSPS) is 19.9. The van der Waals surface area contributed by atoms with Gasteiger partial charge in [-0.15, -0.1) is 0 Å². The Hall–Kier alpha value is -0.570. The molecule has 0 radical (unpaired) electrons. The Morgan fingerprint density at radius 1 is 1.24 bits per heavy atom. The van der Waals surface area contributed by atoms with Gasteiger partial charge in [-0.3, -0.25) is 4.79 Å². The molecular formula is C14H27NO2. The smallest absolute Gasteiger partial charge is 0.222 e. The highest BCUT2D eigenvalue weighted by molar-refractivity contribution is 5.76. The van der Waals surface area contributed by atoms with Crippen molar-refractivity contribution in [3.05, 3.63) is 0 Å². The van der Waals surface area contributed by atoms with E-state index in [2.05, 4.69) is 6.92 Å². The number of unbranched alkanes of at least 4 members (excludes halogenated alkanes) is 5. The number of aliphatic hydroxyl groups is 1. The van der Waals surface area contributed by atoms with Gasteiger partial charge in [0.1, 0.15) is 0 Å². The van der Waals surface area contributed by atoms with Gasteiger partial charge in [0, 0.05) is 13.0 Å². The number of rotatable bonds is 8. The predicted molar refractivity (Wildman–Crippen MR) is 69.8 cm³/mol. The molecule has 1 aliphatic rings. The van der Waals surface area contributed by atoms with E-state index in [0.717, 1.165) is 25.8 Å². The van der Waals surface area contributed by atoms with Gasteiger partial charge in [-0.1, -0.05) is 39.0 Å². The van der Waals surface area contributed by atoms with Crippen LogP contribution in [0.5, 0.6) is 0 Å². The van der Waals surface area contributed by atoms with E-state index in [0.29, 0.717) is 6.42 Å². The molecule has 1 heterocycles. The van der Waals surface area contributed by atoms with Crippen LogP contribution in [0.4, 0.5) is 0 Å². The molecule has 0 bridgehead atoms. The van der Waals surface area contributed by atoms with E-state index < -0.39 is 0 Å². The standard InChI is InChI=1S/C14H27NO2/c1-2-3-4-5-6-7-10-14(17)15-11-8-9-13(15)12-16/h13,16H,2-12H2,1H3/t13-/m1/s1. The zero-order valence-electron chi connectivity index (χ0n) is 11.2. The average molecular weight is 241 g/mol. The minimum atomic E-state index is 0.0996. The van der Waals surface area contributed by atoms with E-state index >= 15 is 0 Å². The monoisotopic (exact) mass is 241 g/mol. The fourth-order valence-corrected chi connectivity index (χ4v) is 2.55. The second-order valence-corrected chi connectivity index (χ2v) is 5.08. The molecule has 0 saturated carbocycles. The highest BCUT2D eigenvalue weighted by atomic mass is 16.3. The van der Waals surface area contributed by atoms with Crippen LogP contribution in [0.15, 0.2) is 0 Å². The number of aliphatic hydroxyl groups excluding tert-OH is 1. The molecule has 0 aliphatic carbocycles. The minimum Gasteiger partial charge on any atom is -0.394 e. The van der Waals surface area contributed by atoms with Gasteiger partial charge in [-0.05, 0) is 19.3 Å². The van der Waals surface area contributed by atoms with E-state index in [1.165, 1.54) is 32.1 Å². The molecule has 0 aromatic rings. The molecule has 1 fully saturated rings. The van der Waals surface area contributed by atoms with Gasteiger partial charge in [-0.25, -0.2) is 0 Å². The van der Waals surface area contributed by atoms with Gasteiger partial charge in [0.05, 0.1) is 12.6 Å². The third kappa shape index (κ3) is 5.07. The summed E-state index contributed by atoms with van der Waals surface area (Å²) in [6.07, 6.45) is 10.0. The van der Waals surface area contributed by atoms with E-state index in [1.54, 1.807) is 0 Å². The Kier molecular flexibility index (Phi) is 7.25. The van der Waals surface area contributed by atoms with Crippen molar-refractivity contribution < 1.29 is 9.90 Å². The Morgan fingerprint density at radius 2 is 1.94 bits per heavy atom. The van der Waals surface area contributed by atoms with Crippen molar-refractivity contribution >= 4 is 5.91 Å². The predicted octanol–water partition coefficient (Wildman–Crippen LogP) is 2.72. The summed E-state index contributed by atoms with van der Waals surface area (Å²) in [5, 5.41) is 9.16. The van der Waals surface area contributed by atoms with Crippen LogP contribution >= 0.6 is 0 Å². The van der Waals surface area contributed by atoms with Crippen molar-refractivity contribution in [2.75, 3.05) is 13.2 Å². The summed E-state index contributed by atoms with van der Waals surface area (Å²) in [6.45, 7) is 3.19. The van der Waals surface area contributed by atoms with Crippen LogP contribution in [0.1, 0.15) is 64.7 Å². The number of nitrogens with zero attached hydrogens (tertiary/aromatic N) is 1. The lowest BCUT2D eigenvalue weighted by molar-refractivity contribution is -0.132. The van der Waals surface area contributed by atoms with Gasteiger partial charge in [0.15, 0.2) is 0 Å². The summed E-state index contributed by atoms with van der Waals surface area (Å²) < 4.78 is 0. The highest BCUT2D eigenvalue weighted by Crippen LogP contribution is 2.18. The summed E-state index contributed by atoms with van der Waals surface area (Å²) in [7, 11) is 0. The SMILES string of the molecule is CCCCCCCCC(=O)N1CCC[C@@H]1CO. The summed E-state index contributed by atoms with van der Waals surface area (Å²) in [4.78, 5) is 13.8. The summed E-state index contributed by atoms with van der Waals surface area (Å²) >= 11 is 0. The van der Waals surface area contributed by atoms with Crippen LogP contribution in [-0.2, 0) is 4.79 Å². The number of carbonyl (C=O) groups is 1. The molecule has 1 atom stereocenters. The van der Waals surface area contributed by atoms with Gasteiger partial charge in [0.25, 0.3) is 0 Å². The third-order valence-corrected chi connectivity index (χ3v) is 3.65. The fraction of sp³-hybridized carbons (Fsp3) is 0.929. The van der Waals surface area contributed by atoms with E-state index in [4.69, 9.17) is 5.11 Å². The second-order valence-electron chi connectivity index (χ2n) is 5.08. The number of hydrogen-bond acceptors (Lipinski definition) is 2. The molecule has 17 heavy (non-hydrogen) atoms. The van der Waals surface area contributed by atoms with E-state index in [9.17, 15) is 4.79 Å². The first-order chi connectivity index (χ1) is 8.29. The van der Waals surface area contributed by atoms with Crippen LogP contribution in [0.3, 0.4) is 0 Å². The largest absolute Gasteiger partial charge is 0.394 e. The fourth-order valence-electron chi connectivity index (χ4n) is 2.55. The number of carbonyl (C=O) groups excluding carboxylic acids is 1. The lowest BCUT2D eigenvalue weighted by Crippen LogP contribution is -2.37. The van der Waals surface area contributed by atoms with Crippen molar-refractivity contribution in [2.45, 2.75) is 70.8 Å². The van der Waals surface area contributed by atoms with Crippen molar-refractivity contribution in [1.82, 2.24) is 4.90 Å². The van der Waals surface area contributed by atoms with Crippen molar-refractivity contribution in [1.29, 1.82) is 0 Å². The topological polar surface area (TPSA) is 40.5 Å². The number of amides is 1. The van der Waals surface area contributed by atoms with Gasteiger partial charge in [-0.2, -0.15) is 0 Å². The molecule has 1 rings (SSSR count). The first kappa shape index (κ1) is 14.5. The molecule has 0 spiro atoms. The highest BCUT2D eigenvalue weighted by Gasteiger charge is 2.27. The molecule has 0 aromatic carbocycles. The molecule has 1 saturated heterocycles. The van der Waals surface area contributed by atoms with Crippen molar-refractivity contribution in [3.8, 4) is 0 Å². The average Bonchev–Trinajstić information content (AvgIpc) is 2.81. The molecule has 1 amide bonds.